The van der Waals surface area contributed by atoms with Gasteiger partial charge >= 0.3 is 6.09 Å². The van der Waals surface area contributed by atoms with E-state index in [2.05, 4.69) is 45.7 Å². The number of benzene rings is 2. The number of aliphatic hydroxyl groups excluding tert-OH is 1. The number of nitriles is 1. The zero-order valence-electron chi connectivity index (χ0n) is 36.5. The van der Waals surface area contributed by atoms with Gasteiger partial charge in [0.2, 0.25) is 18.2 Å². The van der Waals surface area contributed by atoms with Crippen LogP contribution < -0.4 is 10.6 Å². The quantitative estimate of drug-likeness (QED) is 0.110. The first kappa shape index (κ1) is 43.6. The third kappa shape index (κ3) is 8.77. The second kappa shape index (κ2) is 18.8. The summed E-state index contributed by atoms with van der Waals surface area (Å²) in [5.74, 6) is 1.35. The number of H-pyrrole nitrogens is 2. The SMILES string of the molecule is COC(=O)N[C@H](C(=O)N1C2CC2C[C@H]1c1nc(C#N)c(-c2ccc(-c3ccc(-c4cnc([C@@H]5CC[C@@H](C)N5C(=O)[C@@H](NC(O)OC)C5CCOCC5)[nH]4)cc3)cc2)[nH]1)C1CCOCC1. The van der Waals surface area contributed by atoms with E-state index in [-0.39, 0.29) is 53.5 Å². The van der Waals surface area contributed by atoms with Crippen LogP contribution in [0.15, 0.2) is 54.7 Å². The zero-order chi connectivity index (χ0) is 44.5. The minimum Gasteiger partial charge on any atom is -0.453 e. The summed E-state index contributed by atoms with van der Waals surface area (Å²) in [7, 11) is 2.70. The lowest BCUT2D eigenvalue weighted by molar-refractivity contribution is -0.149. The number of alkyl carbamates (subject to hydrolysis) is 1. The summed E-state index contributed by atoms with van der Waals surface area (Å²) in [5.41, 5.74) is 5.44. The number of hydrogen-bond donors (Lipinski definition) is 5. The molecule has 4 aromatic rings. The second-order valence-corrected chi connectivity index (χ2v) is 17.8. The lowest BCUT2D eigenvalue weighted by atomic mass is 9.90. The van der Waals surface area contributed by atoms with E-state index in [1.165, 1.54) is 14.2 Å². The Kier molecular flexibility index (Phi) is 12.8. The Morgan fingerprint density at radius 1 is 0.797 bits per heavy atom. The van der Waals surface area contributed by atoms with Crippen molar-refractivity contribution in [3.63, 3.8) is 0 Å². The molecule has 17 nitrogen and oxygen atoms in total. The molecule has 9 rings (SSSR count). The van der Waals surface area contributed by atoms with Crippen LogP contribution in [0.2, 0.25) is 0 Å². The molecule has 338 valence electrons. The van der Waals surface area contributed by atoms with E-state index < -0.39 is 24.6 Å². The molecule has 5 N–H and O–H groups in total. The fourth-order valence-electron chi connectivity index (χ4n) is 10.4. The summed E-state index contributed by atoms with van der Waals surface area (Å²) in [6.07, 6.45) is 5.91. The van der Waals surface area contributed by atoms with Crippen LogP contribution >= 0.6 is 0 Å². The number of likely N-dealkylation sites (tertiary alicyclic amines) is 2. The van der Waals surface area contributed by atoms with Gasteiger partial charge in [-0.25, -0.2) is 14.8 Å². The van der Waals surface area contributed by atoms with E-state index in [0.29, 0.717) is 69.5 Å². The first-order valence-electron chi connectivity index (χ1n) is 22.5. The molecular weight excluding hydrogens is 819 g/mol. The Morgan fingerprint density at radius 3 is 2.03 bits per heavy atom. The summed E-state index contributed by atoms with van der Waals surface area (Å²) in [4.78, 5) is 61.2. The highest BCUT2D eigenvalue weighted by molar-refractivity contribution is 5.87. The third-order valence-corrected chi connectivity index (χ3v) is 14.1. The number of nitrogens with one attached hydrogen (secondary N) is 4. The Labute approximate surface area is 372 Å². The van der Waals surface area contributed by atoms with Gasteiger partial charge in [0.1, 0.15) is 23.8 Å². The number of amides is 3. The monoisotopic (exact) mass is 875 g/mol. The molecule has 0 radical (unpaired) electrons. The van der Waals surface area contributed by atoms with Gasteiger partial charge in [0, 0.05) is 51.2 Å². The van der Waals surface area contributed by atoms with Crippen molar-refractivity contribution >= 4 is 17.9 Å². The molecule has 0 spiro atoms. The maximum Gasteiger partial charge on any atom is 0.407 e. The number of nitrogens with zero attached hydrogens (tertiary/aromatic N) is 5. The highest BCUT2D eigenvalue weighted by Crippen LogP contribution is 2.54. The zero-order valence-corrected chi connectivity index (χ0v) is 36.5. The van der Waals surface area contributed by atoms with Crippen LogP contribution in [0, 0.1) is 29.1 Å². The van der Waals surface area contributed by atoms with Crippen molar-refractivity contribution in [1.29, 1.82) is 5.26 Å². The van der Waals surface area contributed by atoms with E-state index in [0.717, 1.165) is 59.5 Å². The summed E-state index contributed by atoms with van der Waals surface area (Å²) in [6.45, 7) is 4.26. The molecule has 1 aliphatic carbocycles. The van der Waals surface area contributed by atoms with Crippen LogP contribution in [0.1, 0.15) is 87.7 Å². The largest absolute Gasteiger partial charge is 0.453 e. The predicted molar refractivity (Wildman–Crippen MR) is 232 cm³/mol. The number of carbonyl (C=O) groups excluding carboxylic acids is 3. The van der Waals surface area contributed by atoms with Gasteiger partial charge in [-0.15, -0.1) is 0 Å². The van der Waals surface area contributed by atoms with Gasteiger partial charge in [0.25, 0.3) is 0 Å². The molecule has 5 fully saturated rings. The molecule has 3 amide bonds. The number of aromatic amines is 2. The lowest BCUT2D eigenvalue weighted by Gasteiger charge is -2.37. The van der Waals surface area contributed by atoms with Crippen molar-refractivity contribution in [2.24, 2.45) is 17.8 Å². The molecule has 64 heavy (non-hydrogen) atoms. The molecular formula is C47H57N9O8. The molecule has 6 heterocycles. The number of hydrogen-bond acceptors (Lipinski definition) is 12. The standard InChI is InChI=1S/C47H57N9O8/c1-26-4-13-36(55(26)44(57)40(53-46(59)61-2)31-14-18-63-19-15-31)42-49-25-35(51-42)29-9-5-27(6-10-29)28-7-11-30(12-8-28)39-34(24-48)50-43(52-39)38-23-33-22-37(33)56(38)45(58)41(54-47(60)62-3)32-16-20-64-21-17-32/h5-12,25-26,31-33,36-38,40-41,46,53,59H,4,13-23H2,1-3H3,(H,49,51)(H,50,52)(H,54,60)/t26-,33?,36+,37?,38+,40+,41+,46?/m1/s1. The smallest absolute Gasteiger partial charge is 0.407 e. The second-order valence-electron chi connectivity index (χ2n) is 17.8. The van der Waals surface area contributed by atoms with Crippen LogP contribution in [0.4, 0.5) is 4.79 Å². The molecule has 8 atom stereocenters. The van der Waals surface area contributed by atoms with E-state index in [9.17, 15) is 24.8 Å². The van der Waals surface area contributed by atoms with Gasteiger partial charge in [0.15, 0.2) is 5.69 Å². The number of aliphatic hydroxyl groups is 1. The lowest BCUT2D eigenvalue weighted by Crippen LogP contribution is -2.55. The first-order valence-corrected chi connectivity index (χ1v) is 22.5. The highest BCUT2D eigenvalue weighted by Gasteiger charge is 2.57. The molecule has 5 aliphatic rings. The normalized spacial score (nSPS) is 25.0. The summed E-state index contributed by atoms with van der Waals surface area (Å²) in [5, 5.41) is 26.4. The number of imidazole rings is 2. The minimum absolute atomic E-state index is 0.000276. The number of aromatic nitrogens is 4. The molecule has 3 unspecified atom stereocenters. The fraction of sp³-hybridized carbons (Fsp3) is 0.532. The van der Waals surface area contributed by atoms with E-state index in [1.807, 2.05) is 52.4 Å². The molecule has 17 heteroatoms. The van der Waals surface area contributed by atoms with Gasteiger partial charge in [-0.3, -0.25) is 14.9 Å². The Balaban J connectivity index is 0.887. The summed E-state index contributed by atoms with van der Waals surface area (Å²) < 4.78 is 21.1. The van der Waals surface area contributed by atoms with Crippen molar-refractivity contribution in [3.05, 3.63) is 72.1 Å². The molecule has 2 aromatic heterocycles. The van der Waals surface area contributed by atoms with Gasteiger partial charge in [0.05, 0.1) is 42.8 Å². The molecule has 4 aliphatic heterocycles. The molecule has 2 aromatic carbocycles. The molecule has 1 saturated carbocycles. The number of methoxy groups -OCH3 is 2. The number of ether oxygens (including phenoxy) is 4. The van der Waals surface area contributed by atoms with Crippen LogP contribution in [0.25, 0.3) is 33.6 Å². The van der Waals surface area contributed by atoms with Gasteiger partial charge in [-0.2, -0.15) is 5.26 Å². The summed E-state index contributed by atoms with van der Waals surface area (Å²) in [6, 6.07) is 16.5. The average molecular weight is 876 g/mol. The fourth-order valence-corrected chi connectivity index (χ4v) is 10.4. The number of carbonyl (C=O) groups is 3. The van der Waals surface area contributed by atoms with Crippen molar-refractivity contribution in [2.75, 3.05) is 40.6 Å². The molecule has 4 saturated heterocycles. The highest BCUT2D eigenvalue weighted by atomic mass is 16.6. The van der Waals surface area contributed by atoms with Crippen molar-refractivity contribution in [1.82, 2.24) is 40.4 Å². The number of fused-ring (bicyclic) bond motifs is 1. The summed E-state index contributed by atoms with van der Waals surface area (Å²) >= 11 is 0. The van der Waals surface area contributed by atoms with Gasteiger partial charge in [-0.05, 0) is 92.7 Å². The number of rotatable bonds is 13. The van der Waals surface area contributed by atoms with Crippen LogP contribution in [-0.2, 0) is 28.5 Å². The third-order valence-electron chi connectivity index (χ3n) is 14.1. The van der Waals surface area contributed by atoms with Gasteiger partial charge in [-0.1, -0.05) is 48.5 Å². The Morgan fingerprint density at radius 2 is 1.41 bits per heavy atom. The maximum absolute atomic E-state index is 14.3. The van der Waals surface area contributed by atoms with Crippen LogP contribution in [0.5, 0.6) is 0 Å². The van der Waals surface area contributed by atoms with Crippen molar-refractivity contribution in [2.45, 2.75) is 101 Å². The van der Waals surface area contributed by atoms with E-state index in [1.54, 1.807) is 0 Å². The molecule has 0 bridgehead atoms. The van der Waals surface area contributed by atoms with Gasteiger partial charge < -0.3 is 49.1 Å². The first-order chi connectivity index (χ1) is 31.1. The van der Waals surface area contributed by atoms with Crippen LogP contribution in [-0.4, -0.2) is 124 Å². The maximum atomic E-state index is 14.3. The average Bonchev–Trinajstić information content (AvgIpc) is 3.77. The Bertz CT molecular complexity index is 2330. The van der Waals surface area contributed by atoms with Crippen molar-refractivity contribution < 1.29 is 38.4 Å². The van der Waals surface area contributed by atoms with E-state index >= 15 is 0 Å². The minimum atomic E-state index is -1.26. The van der Waals surface area contributed by atoms with E-state index in [4.69, 9.17) is 28.9 Å². The number of piperidine rings is 1. The topological polar surface area (TPSA) is 220 Å². The van der Waals surface area contributed by atoms with Crippen LogP contribution in [0.3, 0.4) is 0 Å². The Hall–Kier alpha value is -5.64. The van der Waals surface area contributed by atoms with Crippen molar-refractivity contribution in [3.8, 4) is 39.7 Å². The predicted octanol–water partition coefficient (Wildman–Crippen LogP) is 5.18.